The summed E-state index contributed by atoms with van der Waals surface area (Å²) in [7, 11) is 3.69. The number of aromatic nitrogens is 3. The molecule has 11 rings (SSSR count). The number of benzene rings is 3. The van der Waals surface area contributed by atoms with E-state index >= 15 is 0 Å². The number of nitrogens with zero attached hydrogens (tertiary/aromatic N) is 6. The summed E-state index contributed by atoms with van der Waals surface area (Å²) in [4.78, 5) is 140. The molecule has 6 aromatic rings. The number of aromatic hydroxyl groups is 1. The Morgan fingerprint density at radius 3 is 1.23 bits per heavy atom. The van der Waals surface area contributed by atoms with Crippen LogP contribution in [0.25, 0.3) is 32.7 Å². The SMILES string of the molecule is CC(=O)c1c(O)c(C)nc2ccc(F)cc12.COC(=O)[C@@H]1CC(=O)CN1C(=O)OC(C)(C)C.COC(=O)[C@@H]1C[C@@]2(CC(=O)c3c(c(C)nc4ccc(F)cc34)O2)CN1C(=O)OC(C)(C)C.COC(=O)[C@@H]1C[C@]2(CC(=O)c3c(c(C)nc4ccc(F)cc34)O2)CN1C(=O)OC(C)(C)C. The zero-order chi connectivity index (χ0) is 71.9. The van der Waals surface area contributed by atoms with Crippen LogP contribution >= 0.6 is 0 Å². The smallest absolute Gasteiger partial charge is 0.411 e. The lowest BCUT2D eigenvalue weighted by atomic mass is 9.86. The average Bonchev–Trinajstić information content (AvgIpc) is 1.71. The standard InChI is InChI=1S/2C23H25FN2O6.C12H10FNO2.C11H17NO5/c2*1-12-19-18(14-8-13(24)6-7-15(14)25-12)17(27)10-23(31-19)9-16(20(28)30-5)26(11-23)21(29)32-22(2,3)4;1-6-12(16)11(7(2)15)9-5-8(13)3-4-10(9)14-6;1-11(2,3)17-10(15)12-6-7(13)5-8(12)9(14)16-4/h2*6-8,16H,9-11H2,1-5H3;3-5,16H,1-2H3;8H,5-6H2,1-4H3/t16-,23+;16-,23-;;8-/m00.0/s1. The molecule has 3 aromatic carbocycles. The van der Waals surface area contributed by atoms with E-state index in [0.717, 1.165) is 4.90 Å². The molecule has 3 amide bonds. The monoisotopic (exact) mass is 1350 g/mol. The maximum absolute atomic E-state index is 13.9. The average molecular weight is 1350 g/mol. The van der Waals surface area contributed by atoms with Crippen LogP contribution in [0.3, 0.4) is 0 Å². The Hall–Kier alpha value is -10.0. The minimum absolute atomic E-state index is 0.00802. The molecule has 2 spiro atoms. The molecule has 3 saturated heterocycles. The summed E-state index contributed by atoms with van der Waals surface area (Å²) in [6, 6.07) is 9.31. The van der Waals surface area contributed by atoms with Gasteiger partial charge < -0.3 is 43.0 Å². The molecular weight excluding hydrogens is 1270 g/mol. The molecule has 8 heterocycles. The van der Waals surface area contributed by atoms with Gasteiger partial charge in [0.25, 0.3) is 0 Å². The molecule has 0 aliphatic carbocycles. The molecule has 518 valence electrons. The maximum Gasteiger partial charge on any atom is 0.411 e. The number of Topliss-reactive ketones (excluding diaryl/α,β-unsaturated/α-hetero) is 4. The third-order valence-electron chi connectivity index (χ3n) is 16.0. The molecule has 0 bridgehead atoms. The number of aryl methyl sites for hydroxylation is 3. The number of halogens is 3. The summed E-state index contributed by atoms with van der Waals surface area (Å²) in [5, 5.41) is 10.8. The first-order valence-corrected chi connectivity index (χ1v) is 30.8. The molecule has 3 fully saturated rings. The van der Waals surface area contributed by atoms with Crippen LogP contribution < -0.4 is 9.47 Å². The van der Waals surface area contributed by atoms with Gasteiger partial charge in [0, 0.05) is 35.4 Å². The van der Waals surface area contributed by atoms with Crippen molar-refractivity contribution in [1.29, 1.82) is 0 Å². The van der Waals surface area contributed by atoms with Gasteiger partial charge in [-0.25, -0.2) is 56.9 Å². The summed E-state index contributed by atoms with van der Waals surface area (Å²) in [6.07, 6.45) is -2.10. The largest absolute Gasteiger partial charge is 0.505 e. The second-order valence-corrected chi connectivity index (χ2v) is 27.1. The Labute approximate surface area is 556 Å². The number of ketones is 4. The van der Waals surface area contributed by atoms with Crippen LogP contribution in [0.2, 0.25) is 0 Å². The van der Waals surface area contributed by atoms with Crippen molar-refractivity contribution >= 4 is 92.0 Å². The molecule has 5 aliphatic rings. The fourth-order valence-electron chi connectivity index (χ4n) is 12.0. The summed E-state index contributed by atoms with van der Waals surface area (Å²) >= 11 is 0. The van der Waals surface area contributed by atoms with Crippen molar-refractivity contribution in [2.75, 3.05) is 41.0 Å². The Morgan fingerprint density at radius 1 is 0.526 bits per heavy atom. The number of fused-ring (bicyclic) bond motifs is 7. The zero-order valence-corrected chi connectivity index (χ0v) is 56.7. The van der Waals surface area contributed by atoms with Crippen molar-refractivity contribution in [2.45, 2.75) is 168 Å². The van der Waals surface area contributed by atoms with E-state index in [2.05, 4.69) is 19.7 Å². The molecule has 5 atom stereocenters. The molecule has 1 N–H and O–H groups in total. The van der Waals surface area contributed by atoms with Crippen molar-refractivity contribution in [1.82, 2.24) is 29.7 Å². The van der Waals surface area contributed by atoms with Gasteiger partial charge in [0.1, 0.15) is 69.3 Å². The Bertz CT molecular complexity index is 4060. The number of ether oxygens (including phenoxy) is 8. The maximum atomic E-state index is 13.9. The number of carbonyl (C=O) groups excluding carboxylic acids is 10. The quantitative estimate of drug-likeness (QED) is 0.0974. The highest BCUT2D eigenvalue weighted by Crippen LogP contribution is 2.47. The number of carbonyl (C=O) groups is 10. The predicted octanol–water partition coefficient (Wildman–Crippen LogP) is 10.5. The lowest BCUT2D eigenvalue weighted by molar-refractivity contribution is -0.146. The fraction of sp³-hybridized carbons (Fsp3) is 0.464. The summed E-state index contributed by atoms with van der Waals surface area (Å²) < 4.78 is 83.8. The molecule has 0 unspecified atom stereocenters. The van der Waals surface area contributed by atoms with E-state index in [0.29, 0.717) is 49.8 Å². The van der Waals surface area contributed by atoms with Crippen LogP contribution in [-0.2, 0) is 47.6 Å². The van der Waals surface area contributed by atoms with E-state index in [1.165, 1.54) is 92.7 Å². The van der Waals surface area contributed by atoms with Crippen molar-refractivity contribution in [3.63, 3.8) is 0 Å². The van der Waals surface area contributed by atoms with Gasteiger partial charge in [-0.15, -0.1) is 0 Å². The second-order valence-electron chi connectivity index (χ2n) is 27.1. The molecule has 5 aliphatic heterocycles. The third-order valence-corrected chi connectivity index (χ3v) is 16.0. The first kappa shape index (κ1) is 72.8. The number of amides is 3. The van der Waals surface area contributed by atoms with Crippen molar-refractivity contribution in [3.8, 4) is 17.2 Å². The van der Waals surface area contributed by atoms with Crippen molar-refractivity contribution in [3.05, 3.63) is 106 Å². The number of likely N-dealkylation sites (tertiary alicyclic amines) is 3. The Morgan fingerprint density at radius 2 is 0.866 bits per heavy atom. The number of hydrogen-bond acceptors (Lipinski definition) is 22. The van der Waals surface area contributed by atoms with Gasteiger partial charge in [-0.1, -0.05) is 0 Å². The van der Waals surface area contributed by atoms with Crippen LogP contribution in [0.15, 0.2) is 54.6 Å². The van der Waals surface area contributed by atoms with Gasteiger partial charge in [-0.3, -0.25) is 33.9 Å². The minimum atomic E-state index is -1.15. The third kappa shape index (κ3) is 16.1. The molecule has 3 aromatic heterocycles. The van der Waals surface area contributed by atoms with Crippen LogP contribution in [-0.4, -0.2) is 181 Å². The first-order valence-electron chi connectivity index (χ1n) is 30.8. The van der Waals surface area contributed by atoms with E-state index in [1.807, 2.05) is 0 Å². The Kier molecular flexibility index (Phi) is 20.7. The first-order chi connectivity index (χ1) is 45.1. The number of esters is 3. The molecular formula is C69H77F3N6O19. The number of methoxy groups -OCH3 is 3. The van der Waals surface area contributed by atoms with Gasteiger partial charge in [-0.05, 0) is 145 Å². The predicted molar refractivity (Wildman–Crippen MR) is 341 cm³/mol. The van der Waals surface area contributed by atoms with Gasteiger partial charge in [0.2, 0.25) is 0 Å². The van der Waals surface area contributed by atoms with E-state index in [1.54, 1.807) is 83.1 Å². The summed E-state index contributed by atoms with van der Waals surface area (Å²) in [5.74, 6) is -3.96. The van der Waals surface area contributed by atoms with E-state index in [-0.39, 0.29) is 109 Å². The molecule has 0 radical (unpaired) electrons. The fourth-order valence-corrected chi connectivity index (χ4v) is 12.0. The van der Waals surface area contributed by atoms with Crippen LogP contribution in [0.1, 0.15) is 149 Å². The van der Waals surface area contributed by atoms with Crippen LogP contribution in [0, 0.1) is 38.2 Å². The zero-order valence-electron chi connectivity index (χ0n) is 56.7. The van der Waals surface area contributed by atoms with E-state index in [4.69, 9.17) is 33.2 Å². The molecule has 0 saturated carbocycles. The lowest BCUT2D eigenvalue weighted by Gasteiger charge is -2.35. The number of hydrogen-bond donors (Lipinski definition) is 1. The van der Waals surface area contributed by atoms with Gasteiger partial charge in [0.15, 0.2) is 34.6 Å². The van der Waals surface area contributed by atoms with E-state index in [9.17, 15) is 66.2 Å². The topological polar surface area (TPSA) is 313 Å². The van der Waals surface area contributed by atoms with Gasteiger partial charge in [0.05, 0.1) is 104 Å². The summed E-state index contributed by atoms with van der Waals surface area (Å²) in [6.45, 7) is 21.7. The van der Waals surface area contributed by atoms with Crippen LogP contribution in [0.4, 0.5) is 27.6 Å². The lowest BCUT2D eigenvalue weighted by Crippen LogP contribution is -2.47. The van der Waals surface area contributed by atoms with Crippen molar-refractivity contribution in [2.24, 2.45) is 0 Å². The molecule has 25 nitrogen and oxygen atoms in total. The Balaban J connectivity index is 0.000000173. The van der Waals surface area contributed by atoms with Crippen LogP contribution in [0.5, 0.6) is 17.2 Å². The van der Waals surface area contributed by atoms with Gasteiger partial charge >= 0.3 is 36.2 Å². The summed E-state index contributed by atoms with van der Waals surface area (Å²) in [5.41, 5.74) is -1.05. The normalized spacial score (nSPS) is 20.3. The highest BCUT2D eigenvalue weighted by Gasteiger charge is 2.57. The minimum Gasteiger partial charge on any atom is -0.505 e. The van der Waals surface area contributed by atoms with E-state index < -0.39 is 99.8 Å². The second kappa shape index (κ2) is 27.6. The van der Waals surface area contributed by atoms with Gasteiger partial charge in [-0.2, -0.15) is 0 Å². The molecule has 97 heavy (non-hydrogen) atoms. The highest BCUT2D eigenvalue weighted by molar-refractivity contribution is 6.13. The highest BCUT2D eigenvalue weighted by atomic mass is 19.1. The number of pyridine rings is 3. The molecule has 28 heteroatoms. The van der Waals surface area contributed by atoms with Crippen molar-refractivity contribution < 1.29 is 104 Å². The number of rotatable bonds is 4.